The third-order valence-corrected chi connectivity index (χ3v) is 2.87. The summed E-state index contributed by atoms with van der Waals surface area (Å²) in [4.78, 5) is 22.7. The summed E-state index contributed by atoms with van der Waals surface area (Å²) >= 11 is 0. The molecule has 0 radical (unpaired) electrons. The van der Waals surface area contributed by atoms with Crippen LogP contribution in [0.4, 0.5) is 0 Å². The van der Waals surface area contributed by atoms with E-state index in [-0.39, 0.29) is 12.4 Å². The van der Waals surface area contributed by atoms with Crippen molar-refractivity contribution in [1.29, 1.82) is 0 Å². The Morgan fingerprint density at radius 1 is 1.37 bits per heavy atom. The molecular weight excluding hydrogens is 242 g/mol. The molecule has 104 valence electrons. The quantitative estimate of drug-likeness (QED) is 0.690. The second kappa shape index (κ2) is 8.56. The van der Waals surface area contributed by atoms with E-state index in [0.717, 1.165) is 18.4 Å². The molecule has 0 bridgehead atoms. The topological polar surface area (TPSA) is 69.4 Å². The summed E-state index contributed by atoms with van der Waals surface area (Å²) in [5, 5.41) is 0. The summed E-state index contributed by atoms with van der Waals surface area (Å²) in [6.45, 7) is 2.29. The summed E-state index contributed by atoms with van der Waals surface area (Å²) in [6, 6.07) is 8.61. The second-order valence-corrected chi connectivity index (χ2v) is 4.50. The molecule has 4 nitrogen and oxygen atoms in total. The summed E-state index contributed by atoms with van der Waals surface area (Å²) in [6.07, 6.45) is 1.84. The van der Waals surface area contributed by atoms with Gasteiger partial charge in [-0.25, -0.2) is 0 Å². The van der Waals surface area contributed by atoms with Crippen LogP contribution in [0, 0.1) is 0 Å². The fourth-order valence-corrected chi connectivity index (χ4v) is 1.74. The summed E-state index contributed by atoms with van der Waals surface area (Å²) in [5.41, 5.74) is 6.59. The lowest BCUT2D eigenvalue weighted by Crippen LogP contribution is -2.43. The predicted molar refractivity (Wildman–Crippen MR) is 73.6 cm³/mol. The number of carbonyl (C=O) groups is 2. The van der Waals surface area contributed by atoms with E-state index < -0.39 is 12.1 Å². The average Bonchev–Trinajstić information content (AvgIpc) is 2.46. The van der Waals surface area contributed by atoms with Gasteiger partial charge in [0.15, 0.2) is 5.78 Å². The van der Waals surface area contributed by atoms with Gasteiger partial charge in [-0.3, -0.25) is 4.79 Å². The van der Waals surface area contributed by atoms with Gasteiger partial charge in [-0.05, 0) is 12.0 Å². The summed E-state index contributed by atoms with van der Waals surface area (Å²) in [7, 11) is 0. The molecule has 0 aromatic heterocycles. The van der Waals surface area contributed by atoms with Crippen LogP contribution in [0.25, 0.3) is 0 Å². The zero-order chi connectivity index (χ0) is 14.1. The Labute approximate surface area is 113 Å². The van der Waals surface area contributed by atoms with Crippen molar-refractivity contribution in [3.05, 3.63) is 35.9 Å². The first kappa shape index (κ1) is 15.5. The lowest BCUT2D eigenvalue weighted by atomic mass is 10.0. The number of ketones is 1. The van der Waals surface area contributed by atoms with E-state index in [0.29, 0.717) is 12.7 Å². The number of nitrogens with two attached hydrogens (primary N) is 1. The Morgan fingerprint density at radius 2 is 2.05 bits per heavy atom. The van der Waals surface area contributed by atoms with Crippen LogP contribution in [-0.4, -0.2) is 24.2 Å². The fraction of sp³-hybridized carbons (Fsp3) is 0.467. The number of hydrogen-bond donors (Lipinski definition) is 1. The number of aldehydes is 1. The minimum atomic E-state index is -0.895. The number of benzene rings is 1. The van der Waals surface area contributed by atoms with Gasteiger partial charge in [-0.15, -0.1) is 0 Å². The van der Waals surface area contributed by atoms with E-state index in [1.165, 1.54) is 0 Å². The first-order valence-electron chi connectivity index (χ1n) is 6.58. The molecule has 0 amide bonds. The molecular formula is C15H21NO3. The fourth-order valence-electron chi connectivity index (χ4n) is 1.74. The molecule has 0 saturated carbocycles. The van der Waals surface area contributed by atoms with Crippen molar-refractivity contribution in [3.63, 3.8) is 0 Å². The molecule has 0 aliphatic carbocycles. The van der Waals surface area contributed by atoms with E-state index in [9.17, 15) is 9.59 Å². The minimum Gasteiger partial charge on any atom is -0.364 e. The van der Waals surface area contributed by atoms with E-state index in [1.807, 2.05) is 37.3 Å². The van der Waals surface area contributed by atoms with Crippen molar-refractivity contribution in [2.45, 2.75) is 44.9 Å². The van der Waals surface area contributed by atoms with E-state index >= 15 is 0 Å². The molecule has 2 unspecified atom stereocenters. The minimum absolute atomic E-state index is 0.0996. The van der Waals surface area contributed by atoms with Crippen LogP contribution >= 0.6 is 0 Å². The second-order valence-electron chi connectivity index (χ2n) is 4.50. The van der Waals surface area contributed by atoms with Crippen LogP contribution in [0.1, 0.15) is 31.7 Å². The maximum Gasteiger partial charge on any atom is 0.163 e. The van der Waals surface area contributed by atoms with Crippen LogP contribution in [0.3, 0.4) is 0 Å². The Balaban J connectivity index is 2.59. The normalized spacial score (nSPS) is 13.8. The molecule has 2 atom stereocenters. The molecule has 0 fully saturated rings. The smallest absolute Gasteiger partial charge is 0.163 e. The summed E-state index contributed by atoms with van der Waals surface area (Å²) < 4.78 is 5.53. The van der Waals surface area contributed by atoms with Crippen LogP contribution in [0.15, 0.2) is 30.3 Å². The van der Waals surface area contributed by atoms with Crippen molar-refractivity contribution in [1.82, 2.24) is 0 Å². The lowest BCUT2D eigenvalue weighted by Gasteiger charge is -2.19. The van der Waals surface area contributed by atoms with Crippen LogP contribution in [0.2, 0.25) is 0 Å². The highest BCUT2D eigenvalue weighted by Gasteiger charge is 2.25. The molecule has 19 heavy (non-hydrogen) atoms. The highest BCUT2D eigenvalue weighted by molar-refractivity contribution is 5.87. The van der Waals surface area contributed by atoms with Crippen molar-refractivity contribution >= 4 is 12.1 Å². The third kappa shape index (κ3) is 5.32. The Hall–Kier alpha value is -1.52. The third-order valence-electron chi connectivity index (χ3n) is 2.87. The number of unbranched alkanes of at least 4 members (excludes halogenated alkanes) is 1. The van der Waals surface area contributed by atoms with Gasteiger partial charge in [0, 0.05) is 6.42 Å². The SMILES string of the molecule is CCCCC(=O)C(OCc1ccccc1)C(N)C=O. The van der Waals surface area contributed by atoms with E-state index in [1.54, 1.807) is 0 Å². The Kier molecular flexibility index (Phi) is 7.00. The standard InChI is InChI=1S/C15H21NO3/c1-2-3-9-14(18)15(13(16)10-17)19-11-12-7-5-4-6-8-12/h4-8,10,13,15H,2-3,9,11,16H2,1H3. The van der Waals surface area contributed by atoms with Gasteiger partial charge >= 0.3 is 0 Å². The molecule has 0 saturated heterocycles. The van der Waals surface area contributed by atoms with Crippen LogP contribution in [-0.2, 0) is 20.9 Å². The zero-order valence-corrected chi connectivity index (χ0v) is 11.2. The van der Waals surface area contributed by atoms with Crippen LogP contribution in [0.5, 0.6) is 0 Å². The molecule has 0 aliphatic rings. The van der Waals surface area contributed by atoms with Gasteiger partial charge in [0.1, 0.15) is 12.4 Å². The van der Waals surface area contributed by atoms with E-state index in [2.05, 4.69) is 0 Å². The van der Waals surface area contributed by atoms with Gasteiger partial charge in [0.25, 0.3) is 0 Å². The molecule has 4 heteroatoms. The number of hydrogen-bond acceptors (Lipinski definition) is 4. The highest BCUT2D eigenvalue weighted by atomic mass is 16.5. The molecule has 2 N–H and O–H groups in total. The van der Waals surface area contributed by atoms with Gasteiger partial charge in [-0.1, -0.05) is 43.7 Å². The van der Waals surface area contributed by atoms with Crippen molar-refractivity contribution in [2.24, 2.45) is 5.73 Å². The molecule has 0 spiro atoms. The maximum absolute atomic E-state index is 12.0. The Bertz CT molecular complexity index is 392. The number of Topliss-reactive ketones (excluding diaryl/α,β-unsaturated/α-hetero) is 1. The van der Waals surface area contributed by atoms with Crippen molar-refractivity contribution < 1.29 is 14.3 Å². The molecule has 1 aromatic carbocycles. The van der Waals surface area contributed by atoms with Gasteiger partial charge in [0.05, 0.1) is 12.6 Å². The average molecular weight is 263 g/mol. The zero-order valence-electron chi connectivity index (χ0n) is 11.2. The van der Waals surface area contributed by atoms with Gasteiger partial charge < -0.3 is 15.3 Å². The highest BCUT2D eigenvalue weighted by Crippen LogP contribution is 2.09. The maximum atomic E-state index is 12.0. The molecule has 1 aromatic rings. The molecule has 1 rings (SSSR count). The number of carbonyl (C=O) groups excluding carboxylic acids is 2. The van der Waals surface area contributed by atoms with Gasteiger partial charge in [-0.2, -0.15) is 0 Å². The largest absolute Gasteiger partial charge is 0.364 e. The lowest BCUT2D eigenvalue weighted by molar-refractivity contribution is -0.135. The van der Waals surface area contributed by atoms with Crippen molar-refractivity contribution in [3.8, 4) is 0 Å². The molecule has 0 heterocycles. The summed E-state index contributed by atoms with van der Waals surface area (Å²) in [5.74, 6) is -0.0996. The van der Waals surface area contributed by atoms with E-state index in [4.69, 9.17) is 10.5 Å². The first-order chi connectivity index (χ1) is 9.19. The number of ether oxygens (including phenoxy) is 1. The monoisotopic (exact) mass is 263 g/mol. The molecule has 0 aliphatic heterocycles. The van der Waals surface area contributed by atoms with Gasteiger partial charge in [0.2, 0.25) is 0 Å². The Morgan fingerprint density at radius 3 is 2.63 bits per heavy atom. The van der Waals surface area contributed by atoms with Crippen molar-refractivity contribution in [2.75, 3.05) is 0 Å². The number of rotatable bonds is 9. The first-order valence-corrected chi connectivity index (χ1v) is 6.58. The van der Waals surface area contributed by atoms with Crippen LogP contribution < -0.4 is 5.73 Å². The predicted octanol–water partition coefficient (Wildman–Crippen LogP) is 1.86.